The number of nitrogens with zero attached hydrogens (tertiary/aromatic N) is 3. The highest BCUT2D eigenvalue weighted by molar-refractivity contribution is 6.07. The predicted molar refractivity (Wildman–Crippen MR) is 117 cm³/mol. The van der Waals surface area contributed by atoms with Crippen molar-refractivity contribution < 1.29 is 14.3 Å². The second-order valence-corrected chi connectivity index (χ2v) is 8.81. The number of hydrogen-bond acceptors (Lipinski definition) is 5. The topological polar surface area (TPSA) is 65.1 Å². The summed E-state index contributed by atoms with van der Waals surface area (Å²) in [5.74, 6) is 0.850. The number of methoxy groups -OCH3 is 1. The van der Waals surface area contributed by atoms with Gasteiger partial charge in [-0.05, 0) is 43.5 Å². The molecule has 1 saturated carbocycles. The number of carbonyl (C=O) groups excluding carboxylic acids is 2. The molecule has 0 aromatic heterocycles. The lowest BCUT2D eigenvalue weighted by molar-refractivity contribution is -0.133. The fraction of sp³-hybridized carbons (Fsp3) is 0.652. The summed E-state index contributed by atoms with van der Waals surface area (Å²) < 4.78 is 5.25. The van der Waals surface area contributed by atoms with Crippen molar-refractivity contribution in [3.63, 3.8) is 0 Å². The van der Waals surface area contributed by atoms with Gasteiger partial charge in [-0.25, -0.2) is 9.69 Å². The number of urea groups is 1. The third kappa shape index (κ3) is 4.41. The van der Waals surface area contributed by atoms with Crippen molar-refractivity contribution in [1.29, 1.82) is 0 Å². The van der Waals surface area contributed by atoms with Crippen molar-refractivity contribution in [3.05, 3.63) is 24.3 Å². The molecule has 3 fully saturated rings. The zero-order valence-corrected chi connectivity index (χ0v) is 18.1. The van der Waals surface area contributed by atoms with Gasteiger partial charge >= 0.3 is 6.03 Å². The molecule has 2 aliphatic heterocycles. The fourth-order valence-electron chi connectivity index (χ4n) is 5.02. The van der Waals surface area contributed by atoms with Crippen molar-refractivity contribution in [2.45, 2.75) is 56.9 Å². The van der Waals surface area contributed by atoms with Gasteiger partial charge in [0.2, 0.25) is 0 Å². The smallest absolute Gasteiger partial charge is 0.326 e. The van der Waals surface area contributed by atoms with E-state index >= 15 is 0 Å². The highest BCUT2D eigenvalue weighted by atomic mass is 16.5. The van der Waals surface area contributed by atoms with Gasteiger partial charge in [-0.15, -0.1) is 0 Å². The molecule has 1 aliphatic carbocycles. The first-order valence-corrected chi connectivity index (χ1v) is 11.4. The van der Waals surface area contributed by atoms with Gasteiger partial charge < -0.3 is 15.0 Å². The molecular formula is C23H34N4O3. The van der Waals surface area contributed by atoms with Crippen LogP contribution in [0.15, 0.2) is 24.3 Å². The van der Waals surface area contributed by atoms with Crippen molar-refractivity contribution in [2.75, 3.05) is 44.9 Å². The number of nitrogens with one attached hydrogen (secondary N) is 1. The maximum Gasteiger partial charge on any atom is 0.326 e. The quantitative estimate of drug-likeness (QED) is 0.767. The Kier molecular flexibility index (Phi) is 6.46. The van der Waals surface area contributed by atoms with Crippen LogP contribution in [0.4, 0.5) is 10.5 Å². The molecule has 3 amide bonds. The molecule has 0 atom stereocenters. The second kappa shape index (κ2) is 9.25. The van der Waals surface area contributed by atoms with E-state index in [1.165, 1.54) is 17.0 Å². The molecule has 7 heteroatoms. The van der Waals surface area contributed by atoms with Gasteiger partial charge in [-0.1, -0.05) is 32.1 Å². The van der Waals surface area contributed by atoms with Crippen LogP contribution in [0.5, 0.6) is 5.75 Å². The Bertz CT molecular complexity index is 743. The van der Waals surface area contributed by atoms with Crippen LogP contribution in [0.1, 0.15) is 51.4 Å². The van der Waals surface area contributed by atoms with Crippen molar-refractivity contribution in [1.82, 2.24) is 15.1 Å². The van der Waals surface area contributed by atoms with E-state index in [2.05, 4.69) is 27.2 Å². The summed E-state index contributed by atoms with van der Waals surface area (Å²) in [4.78, 5) is 32.0. The molecule has 0 bridgehead atoms. The van der Waals surface area contributed by atoms with Gasteiger partial charge in [0.25, 0.3) is 5.91 Å². The van der Waals surface area contributed by atoms with E-state index in [0.29, 0.717) is 6.67 Å². The van der Waals surface area contributed by atoms with E-state index in [1.807, 2.05) is 12.1 Å². The Morgan fingerprint density at radius 2 is 1.60 bits per heavy atom. The van der Waals surface area contributed by atoms with Gasteiger partial charge in [-0.2, -0.15) is 0 Å². The second-order valence-electron chi connectivity index (χ2n) is 8.81. The average Bonchev–Trinajstić information content (AvgIpc) is 2.89. The van der Waals surface area contributed by atoms with Crippen LogP contribution in [-0.4, -0.2) is 67.2 Å². The van der Waals surface area contributed by atoms with Crippen molar-refractivity contribution in [3.8, 4) is 5.75 Å². The molecule has 4 rings (SSSR count). The first-order valence-electron chi connectivity index (χ1n) is 11.4. The summed E-state index contributed by atoms with van der Waals surface area (Å²) in [5.41, 5.74) is 0.527. The molecule has 2 heterocycles. The lowest BCUT2D eigenvalue weighted by atomic mass is 9.84. The lowest BCUT2D eigenvalue weighted by Gasteiger charge is -2.30. The van der Waals surface area contributed by atoms with E-state index in [0.717, 1.165) is 76.9 Å². The Balaban J connectivity index is 1.37. The van der Waals surface area contributed by atoms with Crippen LogP contribution >= 0.6 is 0 Å². The highest BCUT2D eigenvalue weighted by Gasteiger charge is 2.50. The molecular weight excluding hydrogens is 380 g/mol. The number of rotatable bonds is 4. The predicted octanol–water partition coefficient (Wildman–Crippen LogP) is 3.20. The zero-order valence-electron chi connectivity index (χ0n) is 18.1. The molecule has 0 radical (unpaired) electrons. The number of benzene rings is 1. The van der Waals surface area contributed by atoms with Gasteiger partial charge in [0.1, 0.15) is 11.3 Å². The van der Waals surface area contributed by atoms with Gasteiger partial charge in [0, 0.05) is 31.9 Å². The first-order chi connectivity index (χ1) is 14.6. The van der Waals surface area contributed by atoms with Crippen LogP contribution in [0.2, 0.25) is 0 Å². The summed E-state index contributed by atoms with van der Waals surface area (Å²) >= 11 is 0. The van der Waals surface area contributed by atoms with Crippen molar-refractivity contribution >= 4 is 17.6 Å². The van der Waals surface area contributed by atoms with E-state index in [4.69, 9.17) is 4.74 Å². The SMILES string of the molecule is COc1ccc(N2CCCN(CN3C(=O)NC4(CCCCCCC4)C3=O)CC2)cc1. The number of carbonyl (C=O) groups is 2. The summed E-state index contributed by atoms with van der Waals surface area (Å²) in [6.45, 7) is 3.95. The molecule has 2 saturated heterocycles. The van der Waals surface area contributed by atoms with E-state index in [1.54, 1.807) is 7.11 Å². The van der Waals surface area contributed by atoms with Gasteiger partial charge in [0.05, 0.1) is 13.8 Å². The van der Waals surface area contributed by atoms with Crippen LogP contribution in [0, 0.1) is 0 Å². The third-order valence-electron chi connectivity index (χ3n) is 6.82. The molecule has 0 unspecified atom stereocenters. The molecule has 1 aromatic carbocycles. The summed E-state index contributed by atoms with van der Waals surface area (Å²) in [6, 6.07) is 7.94. The molecule has 1 N–H and O–H groups in total. The standard InChI is InChI=1S/C23H34N4O3/c1-30-20-10-8-19(9-11-20)26-15-7-14-25(16-17-26)18-27-21(28)23(24-22(27)29)12-5-3-2-4-6-13-23/h8-11H,2-7,12-18H2,1H3,(H,24,29). The largest absolute Gasteiger partial charge is 0.497 e. The van der Waals surface area contributed by atoms with Crippen LogP contribution < -0.4 is 15.0 Å². The van der Waals surface area contributed by atoms with Gasteiger partial charge in [0.15, 0.2) is 0 Å². The summed E-state index contributed by atoms with van der Waals surface area (Å²) in [7, 11) is 1.68. The Morgan fingerprint density at radius 1 is 0.900 bits per heavy atom. The van der Waals surface area contributed by atoms with Gasteiger partial charge in [-0.3, -0.25) is 9.69 Å². The number of ether oxygens (including phenoxy) is 1. The highest BCUT2D eigenvalue weighted by Crippen LogP contribution is 2.32. The molecule has 1 spiro atoms. The molecule has 3 aliphatic rings. The minimum atomic E-state index is -0.654. The lowest BCUT2D eigenvalue weighted by Crippen LogP contribution is -2.48. The maximum absolute atomic E-state index is 13.3. The van der Waals surface area contributed by atoms with Crippen LogP contribution in [0.25, 0.3) is 0 Å². The Labute approximate surface area is 179 Å². The number of imide groups is 1. The molecule has 30 heavy (non-hydrogen) atoms. The number of anilines is 1. The minimum Gasteiger partial charge on any atom is -0.497 e. The Morgan fingerprint density at radius 3 is 2.30 bits per heavy atom. The van der Waals surface area contributed by atoms with E-state index in [-0.39, 0.29) is 11.9 Å². The molecule has 164 valence electrons. The first kappa shape index (κ1) is 21.0. The number of hydrogen-bond donors (Lipinski definition) is 1. The van der Waals surface area contributed by atoms with Crippen LogP contribution in [0.3, 0.4) is 0 Å². The van der Waals surface area contributed by atoms with E-state index in [9.17, 15) is 9.59 Å². The minimum absolute atomic E-state index is 0.00865. The Hall–Kier alpha value is -2.28. The molecule has 1 aromatic rings. The maximum atomic E-state index is 13.3. The third-order valence-corrected chi connectivity index (χ3v) is 6.82. The summed E-state index contributed by atoms with van der Waals surface area (Å²) in [6.07, 6.45) is 8.12. The van der Waals surface area contributed by atoms with E-state index < -0.39 is 5.54 Å². The monoisotopic (exact) mass is 414 g/mol. The number of amides is 3. The zero-order chi connectivity index (χ0) is 21.0. The average molecular weight is 415 g/mol. The summed E-state index contributed by atoms with van der Waals surface area (Å²) in [5, 5.41) is 3.08. The van der Waals surface area contributed by atoms with Crippen molar-refractivity contribution in [2.24, 2.45) is 0 Å². The fourth-order valence-corrected chi connectivity index (χ4v) is 5.02. The normalized spacial score (nSPS) is 23.1. The molecule has 7 nitrogen and oxygen atoms in total. The van der Waals surface area contributed by atoms with Crippen LogP contribution in [-0.2, 0) is 4.79 Å².